The first-order valence-corrected chi connectivity index (χ1v) is 9.06. The van der Waals surface area contributed by atoms with Gasteiger partial charge in [0.15, 0.2) is 0 Å². The minimum Gasteiger partial charge on any atom is -0.396 e. The molecule has 2 atom stereocenters. The summed E-state index contributed by atoms with van der Waals surface area (Å²) in [5.41, 5.74) is -1.57. The molecule has 0 saturated carbocycles. The Morgan fingerprint density at radius 1 is 0.941 bits per heavy atom. The van der Waals surface area contributed by atoms with Gasteiger partial charge in [0.05, 0.1) is 31.8 Å². The van der Waals surface area contributed by atoms with Crippen LogP contribution in [-0.4, -0.2) is 46.4 Å². The number of aliphatic hydroxyl groups excluding tert-OH is 2. The van der Waals surface area contributed by atoms with Crippen LogP contribution >= 0.6 is 36.4 Å². The van der Waals surface area contributed by atoms with Crippen molar-refractivity contribution in [3.8, 4) is 0 Å². The monoisotopic (exact) mass is 332 g/mol. The first-order valence-electron chi connectivity index (χ1n) is 4.09. The lowest BCUT2D eigenvalue weighted by Crippen LogP contribution is -2.39. The predicted molar refractivity (Wildman–Crippen MR) is 59.9 cm³/mol. The summed E-state index contributed by atoms with van der Waals surface area (Å²) in [5.74, 6) is 0. The maximum absolute atomic E-state index is 10.7. The molecule has 0 aliphatic carbocycles. The summed E-state index contributed by atoms with van der Waals surface area (Å²) in [6, 6.07) is 0. The summed E-state index contributed by atoms with van der Waals surface area (Å²) < 4.78 is 29.9. The van der Waals surface area contributed by atoms with Gasteiger partial charge < -0.3 is 20.0 Å². The lowest BCUT2D eigenvalue weighted by atomic mass is 9.93. The van der Waals surface area contributed by atoms with E-state index in [1.807, 2.05) is 0 Å². The van der Waals surface area contributed by atoms with E-state index in [-0.39, 0.29) is 0 Å². The van der Waals surface area contributed by atoms with Gasteiger partial charge in [-0.2, -0.15) is 0 Å². The maximum Gasteiger partial charge on any atom is 0.421 e. The van der Waals surface area contributed by atoms with E-state index in [4.69, 9.17) is 42.5 Å². The number of rotatable bonds is 8. The number of aliphatic hydroxyl groups is 2. The van der Waals surface area contributed by atoms with E-state index < -0.39 is 45.7 Å². The van der Waals surface area contributed by atoms with Gasteiger partial charge in [-0.05, 0) is 0 Å². The molecule has 0 radical (unpaired) electrons. The Morgan fingerprint density at radius 2 is 1.24 bits per heavy atom. The number of halogens is 2. The van der Waals surface area contributed by atoms with Gasteiger partial charge in [-0.25, -0.2) is 9.13 Å². The second-order valence-corrected chi connectivity index (χ2v) is 8.15. The second kappa shape index (κ2) is 6.82. The lowest BCUT2D eigenvalue weighted by molar-refractivity contribution is -0.0206. The van der Waals surface area contributed by atoms with Gasteiger partial charge in [0.1, 0.15) is 0 Å². The van der Waals surface area contributed by atoms with Gasteiger partial charge in [0.25, 0.3) is 0 Å². The van der Waals surface area contributed by atoms with Crippen LogP contribution in [0.1, 0.15) is 0 Å². The average molecular weight is 333 g/mol. The van der Waals surface area contributed by atoms with E-state index in [1.54, 1.807) is 0 Å². The van der Waals surface area contributed by atoms with Crippen LogP contribution in [0.3, 0.4) is 0 Å². The summed E-state index contributed by atoms with van der Waals surface area (Å²) in [5, 5.41) is 18.0. The third-order valence-electron chi connectivity index (χ3n) is 1.73. The van der Waals surface area contributed by atoms with Crippen molar-refractivity contribution in [1.82, 2.24) is 0 Å². The highest BCUT2D eigenvalue weighted by Crippen LogP contribution is 2.50. The molecular formula is C5H12Cl2O8P2. The summed E-state index contributed by atoms with van der Waals surface area (Å²) >= 11 is 9.80. The summed E-state index contributed by atoms with van der Waals surface area (Å²) in [6.45, 7) is -11.4. The Balaban J connectivity index is 4.56. The third kappa shape index (κ3) is 8.51. The van der Waals surface area contributed by atoms with Gasteiger partial charge in [0, 0.05) is 22.5 Å². The van der Waals surface area contributed by atoms with E-state index in [9.17, 15) is 9.13 Å². The molecule has 0 aromatic carbocycles. The highest BCUT2D eigenvalue weighted by molar-refractivity contribution is 7.80. The molecule has 2 unspecified atom stereocenters. The molecule has 0 aliphatic heterocycles. The molecule has 12 heteroatoms. The summed E-state index contributed by atoms with van der Waals surface area (Å²) in [6.07, 6.45) is 0. The molecule has 0 aromatic heterocycles. The van der Waals surface area contributed by atoms with E-state index in [0.29, 0.717) is 0 Å². The lowest BCUT2D eigenvalue weighted by Gasteiger charge is -2.28. The molecule has 0 aromatic rings. The molecule has 0 bridgehead atoms. The molecular weight excluding hydrogens is 321 g/mol. The van der Waals surface area contributed by atoms with Gasteiger partial charge in [-0.15, -0.1) is 0 Å². The van der Waals surface area contributed by atoms with Crippen molar-refractivity contribution < 1.29 is 38.2 Å². The van der Waals surface area contributed by atoms with Gasteiger partial charge >= 0.3 is 13.9 Å². The fourth-order valence-electron chi connectivity index (χ4n) is 0.707. The van der Waals surface area contributed by atoms with Crippen LogP contribution in [0, 0.1) is 5.41 Å². The zero-order valence-corrected chi connectivity index (χ0v) is 11.7. The summed E-state index contributed by atoms with van der Waals surface area (Å²) in [7, 11) is 0. The first kappa shape index (κ1) is 17.8. The van der Waals surface area contributed by atoms with Crippen molar-refractivity contribution in [2.45, 2.75) is 0 Å². The largest absolute Gasteiger partial charge is 0.421 e. The van der Waals surface area contributed by atoms with Crippen LogP contribution in [0.2, 0.25) is 0 Å². The number of hydrogen-bond acceptors (Lipinski definition) is 6. The Bertz CT molecular complexity index is 292. The molecule has 4 N–H and O–H groups in total. The summed E-state index contributed by atoms with van der Waals surface area (Å²) in [4.78, 5) is 17.3. The Kier molecular flexibility index (Phi) is 7.14. The second-order valence-electron chi connectivity index (χ2n) is 3.27. The van der Waals surface area contributed by atoms with E-state index >= 15 is 0 Å². The molecule has 104 valence electrons. The molecule has 0 saturated heterocycles. The fraction of sp³-hybridized carbons (Fsp3) is 1.00. The van der Waals surface area contributed by atoms with E-state index in [2.05, 4.69) is 9.05 Å². The number of hydrogen-bond donors (Lipinski definition) is 4. The SMILES string of the molecule is O=P(O)(Cl)OCC(CO)(CO)COP(=O)(O)Cl. The topological polar surface area (TPSA) is 134 Å². The van der Waals surface area contributed by atoms with Crippen molar-refractivity contribution in [3.05, 3.63) is 0 Å². The van der Waals surface area contributed by atoms with Crippen LogP contribution in [0.4, 0.5) is 0 Å². The first-order chi connectivity index (χ1) is 7.54. The highest BCUT2D eigenvalue weighted by Gasteiger charge is 2.35. The zero-order valence-electron chi connectivity index (χ0n) is 8.40. The Hall–Kier alpha value is 0.800. The molecule has 17 heavy (non-hydrogen) atoms. The molecule has 0 amide bonds. The standard InChI is InChI=1S/C5H12Cl2O8P2/c6-16(10,11)14-3-5(1-8,2-9)4-15-17(7,12)13/h8-9H,1-4H2,(H,10,11)(H,12,13). The minimum atomic E-state index is -4.32. The van der Waals surface area contributed by atoms with E-state index in [1.165, 1.54) is 0 Å². The Labute approximate surface area is 107 Å². The molecule has 0 heterocycles. The predicted octanol–water partition coefficient (Wildman–Crippen LogP) is 0.669. The third-order valence-corrected chi connectivity index (χ3v) is 3.21. The van der Waals surface area contributed by atoms with Crippen LogP contribution in [0.25, 0.3) is 0 Å². The van der Waals surface area contributed by atoms with Crippen LogP contribution in [-0.2, 0) is 18.2 Å². The van der Waals surface area contributed by atoms with Crippen molar-refractivity contribution in [3.63, 3.8) is 0 Å². The normalized spacial score (nSPS) is 19.6. The molecule has 0 fully saturated rings. The Morgan fingerprint density at radius 3 is 1.41 bits per heavy atom. The molecule has 8 nitrogen and oxygen atoms in total. The highest BCUT2D eigenvalue weighted by atomic mass is 35.7. The quantitative estimate of drug-likeness (QED) is 0.476. The van der Waals surface area contributed by atoms with Crippen LogP contribution in [0.15, 0.2) is 0 Å². The van der Waals surface area contributed by atoms with Crippen molar-refractivity contribution in [2.75, 3.05) is 26.4 Å². The van der Waals surface area contributed by atoms with Gasteiger partial charge in [-0.1, -0.05) is 0 Å². The molecule has 0 spiro atoms. The maximum atomic E-state index is 10.7. The molecule has 0 aliphatic rings. The fourth-order valence-corrected chi connectivity index (χ4v) is 1.87. The van der Waals surface area contributed by atoms with Gasteiger partial charge in [-0.3, -0.25) is 9.05 Å². The minimum absolute atomic E-state index is 0.659. The zero-order chi connectivity index (χ0) is 13.7. The van der Waals surface area contributed by atoms with Crippen LogP contribution in [0.5, 0.6) is 0 Å². The van der Waals surface area contributed by atoms with Crippen molar-refractivity contribution in [1.29, 1.82) is 0 Å². The average Bonchev–Trinajstić information content (AvgIpc) is 2.16. The van der Waals surface area contributed by atoms with Crippen LogP contribution < -0.4 is 0 Å². The van der Waals surface area contributed by atoms with Crippen molar-refractivity contribution >= 4 is 36.4 Å². The van der Waals surface area contributed by atoms with Crippen molar-refractivity contribution in [2.24, 2.45) is 5.41 Å². The smallest absolute Gasteiger partial charge is 0.396 e. The van der Waals surface area contributed by atoms with E-state index in [0.717, 1.165) is 0 Å². The molecule has 0 rings (SSSR count). The van der Waals surface area contributed by atoms with Gasteiger partial charge in [0.2, 0.25) is 0 Å².